The van der Waals surface area contributed by atoms with Crippen molar-refractivity contribution in [3.63, 3.8) is 0 Å². The van der Waals surface area contributed by atoms with Crippen molar-refractivity contribution in [2.75, 3.05) is 26.2 Å². The van der Waals surface area contributed by atoms with E-state index in [-0.39, 0.29) is 0 Å². The summed E-state index contributed by atoms with van der Waals surface area (Å²) in [6.45, 7) is 10.2. The summed E-state index contributed by atoms with van der Waals surface area (Å²) >= 11 is 0. The number of nitrogens with zero attached hydrogens (tertiary/aromatic N) is 1. The highest BCUT2D eigenvalue weighted by molar-refractivity contribution is 5.03. The van der Waals surface area contributed by atoms with E-state index >= 15 is 0 Å². The average molecular weight is 164 g/mol. The van der Waals surface area contributed by atoms with Crippen LogP contribution in [0.25, 0.3) is 0 Å². The molecule has 2 nitrogen and oxygen atoms in total. The van der Waals surface area contributed by atoms with Crippen LogP contribution in [0.4, 0.5) is 0 Å². The summed E-state index contributed by atoms with van der Waals surface area (Å²) in [5.41, 5.74) is 5.23. The second kappa shape index (κ2) is 8.06. The van der Waals surface area contributed by atoms with Crippen LogP contribution in [-0.2, 0) is 0 Å². The van der Waals surface area contributed by atoms with Gasteiger partial charge in [0.05, 0.1) is 13.1 Å². The molecule has 2 N–H and O–H groups in total. The van der Waals surface area contributed by atoms with E-state index in [0.29, 0.717) is 6.54 Å². The molecule has 0 unspecified atom stereocenters. The molecule has 0 amide bonds. The Balaban J connectivity index is 3.76. The van der Waals surface area contributed by atoms with Crippen molar-refractivity contribution >= 4 is 0 Å². The predicted molar refractivity (Wildman–Crippen MR) is 53.7 cm³/mol. The van der Waals surface area contributed by atoms with Crippen LogP contribution in [0.3, 0.4) is 0 Å². The Kier molecular flexibility index (Phi) is 7.36. The van der Waals surface area contributed by atoms with E-state index < -0.39 is 0 Å². The van der Waals surface area contributed by atoms with Crippen molar-refractivity contribution in [2.24, 2.45) is 5.73 Å². The van der Waals surface area contributed by atoms with Gasteiger partial charge in [-0.1, -0.05) is 24.0 Å². The zero-order valence-electron chi connectivity index (χ0n) is 7.42. The largest absolute Gasteiger partial charge is 0.320 e. The lowest BCUT2D eigenvalue weighted by atomic mass is 10.4. The molecule has 0 aliphatic carbocycles. The van der Waals surface area contributed by atoms with Gasteiger partial charge in [-0.3, -0.25) is 4.90 Å². The van der Waals surface area contributed by atoms with E-state index in [1.807, 2.05) is 12.2 Å². The molecule has 12 heavy (non-hydrogen) atoms. The first-order valence-electron chi connectivity index (χ1n) is 3.95. The van der Waals surface area contributed by atoms with Gasteiger partial charge in [-0.15, -0.1) is 13.2 Å². The second-order valence-electron chi connectivity index (χ2n) is 2.33. The van der Waals surface area contributed by atoms with Crippen LogP contribution in [0.1, 0.15) is 0 Å². The minimum Gasteiger partial charge on any atom is -0.320 e. The van der Waals surface area contributed by atoms with Gasteiger partial charge in [0.25, 0.3) is 0 Å². The van der Waals surface area contributed by atoms with Crippen LogP contribution in [0.5, 0.6) is 0 Å². The fraction of sp³-hybridized carbons (Fsp3) is 0.400. The monoisotopic (exact) mass is 164 g/mol. The third kappa shape index (κ3) is 5.72. The van der Waals surface area contributed by atoms with Gasteiger partial charge in [0.15, 0.2) is 0 Å². The van der Waals surface area contributed by atoms with E-state index in [1.165, 1.54) is 0 Å². The third-order valence-electron chi connectivity index (χ3n) is 1.30. The van der Waals surface area contributed by atoms with Gasteiger partial charge in [0.1, 0.15) is 0 Å². The van der Waals surface area contributed by atoms with Crippen molar-refractivity contribution in [1.82, 2.24) is 4.90 Å². The lowest BCUT2D eigenvalue weighted by Crippen LogP contribution is -2.24. The van der Waals surface area contributed by atoms with E-state index in [4.69, 9.17) is 5.73 Å². The quantitative estimate of drug-likeness (QED) is 0.477. The summed E-state index contributed by atoms with van der Waals surface area (Å²) in [6.07, 6.45) is 3.71. The van der Waals surface area contributed by atoms with Crippen LogP contribution in [-0.4, -0.2) is 31.1 Å². The molecule has 0 aliphatic heterocycles. The van der Waals surface area contributed by atoms with Crippen molar-refractivity contribution in [1.29, 1.82) is 0 Å². The summed E-state index contributed by atoms with van der Waals surface area (Å²) in [5, 5.41) is 0. The summed E-state index contributed by atoms with van der Waals surface area (Å²) in [7, 11) is 0. The highest BCUT2D eigenvalue weighted by Gasteiger charge is 1.95. The standard InChI is InChI=1S/C10H16N2/c1-3-8-12(9-4-2)10-6-5-7-11/h3-4H,1-2,7-11H2. The Morgan fingerprint density at radius 1 is 1.17 bits per heavy atom. The van der Waals surface area contributed by atoms with E-state index in [0.717, 1.165) is 19.6 Å². The molecule has 0 aromatic rings. The van der Waals surface area contributed by atoms with Crippen LogP contribution < -0.4 is 5.73 Å². The first kappa shape index (κ1) is 11.0. The SMILES string of the molecule is C=CCN(CC#CCN)CC=C. The fourth-order valence-corrected chi connectivity index (χ4v) is 0.809. The molecule has 0 rings (SSSR count). The molecule has 0 aliphatic rings. The molecule has 0 heterocycles. The Morgan fingerprint density at radius 2 is 1.75 bits per heavy atom. The highest BCUT2D eigenvalue weighted by atomic mass is 15.1. The van der Waals surface area contributed by atoms with Gasteiger partial charge in [-0.2, -0.15) is 0 Å². The van der Waals surface area contributed by atoms with Crippen LogP contribution in [0, 0.1) is 11.8 Å². The van der Waals surface area contributed by atoms with E-state index in [9.17, 15) is 0 Å². The lowest BCUT2D eigenvalue weighted by Gasteiger charge is -2.14. The van der Waals surface area contributed by atoms with E-state index in [2.05, 4.69) is 29.9 Å². The van der Waals surface area contributed by atoms with Crippen LogP contribution in [0.15, 0.2) is 25.3 Å². The zero-order valence-corrected chi connectivity index (χ0v) is 7.42. The van der Waals surface area contributed by atoms with Crippen LogP contribution in [0.2, 0.25) is 0 Å². The average Bonchev–Trinajstić information content (AvgIpc) is 2.06. The molecule has 0 spiro atoms. The number of hydrogen-bond donors (Lipinski definition) is 1. The fourth-order valence-electron chi connectivity index (χ4n) is 0.809. The Bertz CT molecular complexity index is 176. The Hall–Kier alpha value is -1.04. The van der Waals surface area contributed by atoms with Gasteiger partial charge in [-0.25, -0.2) is 0 Å². The third-order valence-corrected chi connectivity index (χ3v) is 1.30. The molecule has 0 bridgehead atoms. The van der Waals surface area contributed by atoms with Crippen molar-refractivity contribution < 1.29 is 0 Å². The van der Waals surface area contributed by atoms with Crippen molar-refractivity contribution in [2.45, 2.75) is 0 Å². The Labute approximate surface area is 74.7 Å². The summed E-state index contributed by atoms with van der Waals surface area (Å²) < 4.78 is 0. The number of hydrogen-bond acceptors (Lipinski definition) is 2. The first-order valence-corrected chi connectivity index (χ1v) is 3.95. The highest BCUT2D eigenvalue weighted by Crippen LogP contribution is 1.86. The first-order chi connectivity index (χ1) is 5.85. The molecular weight excluding hydrogens is 148 g/mol. The molecule has 0 saturated heterocycles. The molecule has 0 aromatic heterocycles. The van der Waals surface area contributed by atoms with Gasteiger partial charge >= 0.3 is 0 Å². The molecule has 0 saturated carbocycles. The van der Waals surface area contributed by atoms with Crippen LogP contribution >= 0.6 is 0 Å². The Morgan fingerprint density at radius 3 is 2.17 bits per heavy atom. The normalized spacial score (nSPS) is 8.83. The maximum absolute atomic E-state index is 5.23. The molecule has 0 aromatic carbocycles. The van der Waals surface area contributed by atoms with Gasteiger partial charge < -0.3 is 5.73 Å². The smallest absolute Gasteiger partial charge is 0.0607 e. The summed E-state index contributed by atoms with van der Waals surface area (Å²) in [5.74, 6) is 5.77. The van der Waals surface area contributed by atoms with Crippen molar-refractivity contribution in [3.8, 4) is 11.8 Å². The number of rotatable bonds is 5. The van der Waals surface area contributed by atoms with Gasteiger partial charge in [0.2, 0.25) is 0 Å². The molecule has 0 fully saturated rings. The molecule has 66 valence electrons. The summed E-state index contributed by atoms with van der Waals surface area (Å²) in [6, 6.07) is 0. The molecular formula is C10H16N2. The van der Waals surface area contributed by atoms with Gasteiger partial charge in [0, 0.05) is 13.1 Å². The second-order valence-corrected chi connectivity index (χ2v) is 2.33. The predicted octanol–water partition coefficient (Wildman–Crippen LogP) is 0.623. The topological polar surface area (TPSA) is 29.3 Å². The minimum absolute atomic E-state index is 0.427. The van der Waals surface area contributed by atoms with E-state index in [1.54, 1.807) is 0 Å². The maximum atomic E-state index is 5.23. The molecule has 0 atom stereocenters. The summed E-state index contributed by atoms with van der Waals surface area (Å²) in [4.78, 5) is 2.13. The number of nitrogens with two attached hydrogens (primary N) is 1. The zero-order chi connectivity index (χ0) is 9.23. The molecule has 0 radical (unpaired) electrons. The molecule has 2 heteroatoms. The minimum atomic E-state index is 0.427. The van der Waals surface area contributed by atoms with Crippen molar-refractivity contribution in [3.05, 3.63) is 25.3 Å². The van der Waals surface area contributed by atoms with Gasteiger partial charge in [-0.05, 0) is 0 Å². The maximum Gasteiger partial charge on any atom is 0.0607 e. The lowest BCUT2D eigenvalue weighted by molar-refractivity contribution is 0.379.